The van der Waals surface area contributed by atoms with E-state index in [2.05, 4.69) is 21.2 Å². The van der Waals surface area contributed by atoms with Gasteiger partial charge in [-0.15, -0.1) is 11.3 Å². The predicted octanol–water partition coefficient (Wildman–Crippen LogP) is 4.47. The Balaban J connectivity index is 2.09. The Bertz CT molecular complexity index is 812. The van der Waals surface area contributed by atoms with Gasteiger partial charge in [-0.25, -0.2) is 0 Å². The van der Waals surface area contributed by atoms with Crippen LogP contribution in [0.15, 0.2) is 44.6 Å². The van der Waals surface area contributed by atoms with Gasteiger partial charge in [-0.3, -0.25) is 10.1 Å². The fourth-order valence-electron chi connectivity index (χ4n) is 2.31. The quantitative estimate of drug-likeness (QED) is 0.546. The summed E-state index contributed by atoms with van der Waals surface area (Å²) < 4.78 is 7.52. The molecule has 3 aromatic rings. The molecule has 2 aromatic heterocycles. The highest BCUT2D eigenvalue weighted by Gasteiger charge is 2.22. The predicted molar refractivity (Wildman–Crippen MR) is 85.8 cm³/mol. The van der Waals surface area contributed by atoms with Crippen LogP contribution in [-0.2, 0) is 0 Å². The van der Waals surface area contributed by atoms with E-state index in [1.54, 1.807) is 24.5 Å². The summed E-state index contributed by atoms with van der Waals surface area (Å²) >= 11 is 5.17. The van der Waals surface area contributed by atoms with E-state index in [0.29, 0.717) is 5.76 Å². The number of benzene rings is 1. The lowest BCUT2D eigenvalue weighted by Crippen LogP contribution is -2.16. The van der Waals surface area contributed by atoms with Gasteiger partial charge in [0.2, 0.25) is 0 Å². The Hall–Kier alpha value is -1.70. The normalized spacial score (nSPS) is 12.7. The third-order valence-electron chi connectivity index (χ3n) is 3.26. The van der Waals surface area contributed by atoms with Gasteiger partial charge in [-0.1, -0.05) is 12.1 Å². The molecule has 1 atom stereocenters. The number of rotatable bonds is 4. The second-order valence-corrected chi connectivity index (χ2v) is 6.20. The molecule has 1 N–H and O–H groups in total. The Kier molecular flexibility index (Phi) is 3.79. The lowest BCUT2D eigenvalue weighted by molar-refractivity contribution is -0.402. The van der Waals surface area contributed by atoms with Gasteiger partial charge < -0.3 is 9.73 Å². The van der Waals surface area contributed by atoms with Crippen LogP contribution in [0.1, 0.15) is 17.4 Å². The Morgan fingerprint density at radius 2 is 2.19 bits per heavy atom. The van der Waals surface area contributed by atoms with Gasteiger partial charge in [0, 0.05) is 9.17 Å². The molecule has 0 aliphatic rings. The maximum atomic E-state index is 10.8. The number of hydrogen-bond donors (Lipinski definition) is 1. The first kappa shape index (κ1) is 14.2. The second kappa shape index (κ2) is 5.59. The highest BCUT2D eigenvalue weighted by atomic mass is 79.9. The number of halogens is 1. The van der Waals surface area contributed by atoms with Crippen molar-refractivity contribution in [3.05, 3.63) is 61.6 Å². The first-order chi connectivity index (χ1) is 10.1. The van der Waals surface area contributed by atoms with E-state index in [0.717, 1.165) is 20.1 Å². The van der Waals surface area contributed by atoms with Gasteiger partial charge in [-0.2, -0.15) is 0 Å². The number of nitro groups is 1. The maximum absolute atomic E-state index is 10.8. The van der Waals surface area contributed by atoms with Crippen molar-refractivity contribution in [3.63, 3.8) is 0 Å². The third kappa shape index (κ3) is 2.48. The number of nitrogens with one attached hydrogen (secondary N) is 1. The summed E-state index contributed by atoms with van der Waals surface area (Å²) in [7, 11) is 1.81. The second-order valence-electron chi connectivity index (χ2n) is 4.46. The summed E-state index contributed by atoms with van der Waals surface area (Å²) in [5.74, 6) is 0.287. The van der Waals surface area contributed by atoms with Crippen LogP contribution in [0.3, 0.4) is 0 Å². The van der Waals surface area contributed by atoms with Gasteiger partial charge in [-0.05, 0) is 51.4 Å². The minimum Gasteiger partial charge on any atom is -0.404 e. The highest BCUT2D eigenvalue weighted by molar-refractivity contribution is 9.10. The molecule has 0 saturated heterocycles. The molecule has 1 unspecified atom stereocenters. The number of hydrogen-bond acceptors (Lipinski definition) is 5. The molecule has 3 rings (SSSR count). The fourth-order valence-corrected chi connectivity index (χ4v) is 3.96. The monoisotopic (exact) mass is 366 g/mol. The molecule has 0 fully saturated rings. The number of fused-ring (bicyclic) bond motifs is 1. The largest absolute Gasteiger partial charge is 0.433 e. The van der Waals surface area contributed by atoms with Crippen LogP contribution in [0.4, 0.5) is 5.88 Å². The molecule has 5 nitrogen and oxygen atoms in total. The maximum Gasteiger partial charge on any atom is 0.433 e. The van der Waals surface area contributed by atoms with Gasteiger partial charge in [0.05, 0.1) is 12.1 Å². The molecule has 0 amide bonds. The van der Waals surface area contributed by atoms with Gasteiger partial charge in [0.25, 0.3) is 0 Å². The summed E-state index contributed by atoms with van der Waals surface area (Å²) in [6.07, 6.45) is 0. The van der Waals surface area contributed by atoms with Crippen LogP contribution in [0.25, 0.3) is 10.1 Å². The summed E-state index contributed by atoms with van der Waals surface area (Å²) in [5.41, 5.74) is 1.04. The van der Waals surface area contributed by atoms with Crippen LogP contribution in [-0.4, -0.2) is 12.0 Å². The molecule has 1 aromatic carbocycles. The molecule has 21 heavy (non-hydrogen) atoms. The van der Waals surface area contributed by atoms with Crippen molar-refractivity contribution >= 4 is 43.2 Å². The Morgan fingerprint density at radius 3 is 2.86 bits per heavy atom. The molecule has 0 aliphatic heterocycles. The van der Waals surface area contributed by atoms with Crippen LogP contribution < -0.4 is 5.32 Å². The molecular weight excluding hydrogens is 356 g/mol. The molecule has 108 valence electrons. The Morgan fingerprint density at radius 1 is 1.38 bits per heavy atom. The van der Waals surface area contributed by atoms with E-state index in [1.165, 1.54) is 6.07 Å². The zero-order chi connectivity index (χ0) is 15.0. The molecule has 0 spiro atoms. The van der Waals surface area contributed by atoms with Gasteiger partial charge >= 0.3 is 5.88 Å². The summed E-state index contributed by atoms with van der Waals surface area (Å²) in [5, 5.41) is 17.1. The lowest BCUT2D eigenvalue weighted by Gasteiger charge is -2.12. The average Bonchev–Trinajstić information content (AvgIpc) is 3.09. The van der Waals surface area contributed by atoms with Crippen LogP contribution in [0.5, 0.6) is 0 Å². The molecule has 0 aliphatic carbocycles. The van der Waals surface area contributed by atoms with E-state index in [4.69, 9.17) is 4.42 Å². The van der Waals surface area contributed by atoms with E-state index in [-0.39, 0.29) is 11.9 Å². The van der Waals surface area contributed by atoms with Crippen LogP contribution >= 0.6 is 27.3 Å². The summed E-state index contributed by atoms with van der Waals surface area (Å²) in [6, 6.07) is 8.80. The van der Waals surface area contributed by atoms with E-state index < -0.39 is 4.92 Å². The van der Waals surface area contributed by atoms with Crippen LogP contribution in [0, 0.1) is 10.1 Å². The van der Waals surface area contributed by atoms with Crippen LogP contribution in [0.2, 0.25) is 0 Å². The van der Waals surface area contributed by atoms with Crippen molar-refractivity contribution < 1.29 is 9.34 Å². The van der Waals surface area contributed by atoms with E-state index >= 15 is 0 Å². The van der Waals surface area contributed by atoms with E-state index in [1.807, 2.05) is 23.6 Å². The zero-order valence-electron chi connectivity index (χ0n) is 11.0. The first-order valence-corrected chi connectivity index (χ1v) is 7.86. The lowest BCUT2D eigenvalue weighted by atomic mass is 10.0. The molecule has 0 saturated carbocycles. The van der Waals surface area contributed by atoms with Crippen molar-refractivity contribution in [3.8, 4) is 0 Å². The standard InChI is InChI=1S/C14H11BrN2O3S/c1-16-13(11-5-6-12(20-11)17(18)19)9-7-21-14-8(9)3-2-4-10(14)15/h2-7,13,16H,1H3. The Labute approximate surface area is 132 Å². The molecule has 7 heteroatoms. The fraction of sp³-hybridized carbons (Fsp3) is 0.143. The number of nitrogens with zero attached hydrogens (tertiary/aromatic N) is 1. The first-order valence-electron chi connectivity index (χ1n) is 6.19. The summed E-state index contributed by atoms with van der Waals surface area (Å²) in [4.78, 5) is 10.2. The molecule has 2 heterocycles. The topological polar surface area (TPSA) is 68.3 Å². The number of thiophene rings is 1. The highest BCUT2D eigenvalue weighted by Crippen LogP contribution is 2.37. The smallest absolute Gasteiger partial charge is 0.404 e. The minimum atomic E-state index is -0.529. The van der Waals surface area contributed by atoms with Crippen molar-refractivity contribution in [1.29, 1.82) is 0 Å². The molecular formula is C14H11BrN2O3S. The SMILES string of the molecule is CNC(c1ccc([N+](=O)[O-])o1)c1csc2c(Br)cccc12. The van der Waals surface area contributed by atoms with E-state index in [9.17, 15) is 10.1 Å². The van der Waals surface area contributed by atoms with Gasteiger partial charge in [0.1, 0.15) is 10.7 Å². The van der Waals surface area contributed by atoms with Crippen molar-refractivity contribution in [2.24, 2.45) is 0 Å². The zero-order valence-corrected chi connectivity index (χ0v) is 13.4. The van der Waals surface area contributed by atoms with Crippen molar-refractivity contribution in [2.75, 3.05) is 7.05 Å². The molecule has 0 radical (unpaired) electrons. The number of furan rings is 1. The minimum absolute atomic E-state index is 0.221. The molecule has 0 bridgehead atoms. The van der Waals surface area contributed by atoms with Crippen molar-refractivity contribution in [2.45, 2.75) is 6.04 Å². The summed E-state index contributed by atoms with van der Waals surface area (Å²) in [6.45, 7) is 0. The third-order valence-corrected chi connectivity index (χ3v) is 5.23. The average molecular weight is 367 g/mol. The van der Waals surface area contributed by atoms with Gasteiger partial charge in [0.15, 0.2) is 0 Å². The van der Waals surface area contributed by atoms with Crippen molar-refractivity contribution in [1.82, 2.24) is 5.32 Å².